The molecule has 14 heavy (non-hydrogen) atoms. The molecule has 1 rings (SSSR count). The zero-order valence-electron chi connectivity index (χ0n) is 7.96. The summed E-state index contributed by atoms with van der Waals surface area (Å²) >= 11 is 0. The molecule has 0 aromatic heterocycles. The summed E-state index contributed by atoms with van der Waals surface area (Å²) in [5.74, 6) is 0. The Kier molecular flexibility index (Phi) is 3.59. The van der Waals surface area contributed by atoms with Crippen molar-refractivity contribution in [2.45, 2.75) is 25.5 Å². The second-order valence-electron chi connectivity index (χ2n) is 3.12. The maximum Gasteiger partial charge on any atom is 0.242 e. The average molecular weight is 195 g/mol. The van der Waals surface area contributed by atoms with Crippen LogP contribution in [0, 0.1) is 10.1 Å². The summed E-state index contributed by atoms with van der Waals surface area (Å²) in [5, 5.41) is 20.3. The highest BCUT2D eigenvalue weighted by molar-refractivity contribution is 5.18. The van der Waals surface area contributed by atoms with E-state index < -0.39 is 17.1 Å². The van der Waals surface area contributed by atoms with Crippen molar-refractivity contribution in [1.29, 1.82) is 0 Å². The average Bonchev–Trinajstić information content (AvgIpc) is 2.19. The number of hydrogen-bond donors (Lipinski definition) is 1. The van der Waals surface area contributed by atoms with Crippen molar-refractivity contribution in [3.63, 3.8) is 0 Å². The molecule has 1 N–H and O–H groups in total. The van der Waals surface area contributed by atoms with Crippen LogP contribution >= 0.6 is 0 Å². The molecule has 0 saturated carbocycles. The second kappa shape index (κ2) is 4.72. The first-order valence-corrected chi connectivity index (χ1v) is 4.53. The maximum absolute atomic E-state index is 10.6. The zero-order valence-corrected chi connectivity index (χ0v) is 7.96. The van der Waals surface area contributed by atoms with Gasteiger partial charge in [-0.15, -0.1) is 0 Å². The Morgan fingerprint density at radius 2 is 2.00 bits per heavy atom. The molecule has 0 bridgehead atoms. The summed E-state index contributed by atoms with van der Waals surface area (Å²) in [4.78, 5) is 10.2. The molecule has 2 atom stereocenters. The van der Waals surface area contributed by atoms with Crippen LogP contribution in [-0.2, 0) is 0 Å². The minimum atomic E-state index is -1.02. The van der Waals surface area contributed by atoms with Gasteiger partial charge in [-0.3, -0.25) is 10.1 Å². The normalized spacial score (nSPS) is 14.7. The van der Waals surface area contributed by atoms with Crippen LogP contribution in [0.15, 0.2) is 30.3 Å². The van der Waals surface area contributed by atoms with Crippen LogP contribution in [0.3, 0.4) is 0 Å². The van der Waals surface area contributed by atoms with E-state index in [-0.39, 0.29) is 0 Å². The Bertz CT molecular complexity index is 299. The van der Waals surface area contributed by atoms with Crippen LogP contribution in [0.5, 0.6) is 0 Å². The minimum absolute atomic E-state index is 0.322. The van der Waals surface area contributed by atoms with E-state index in [0.717, 1.165) is 0 Å². The molecule has 0 heterocycles. The highest BCUT2D eigenvalue weighted by Crippen LogP contribution is 2.20. The lowest BCUT2D eigenvalue weighted by Crippen LogP contribution is -2.26. The molecule has 76 valence electrons. The summed E-state index contributed by atoms with van der Waals surface area (Å²) < 4.78 is 0. The number of hydrogen-bond acceptors (Lipinski definition) is 3. The molecule has 0 fully saturated rings. The van der Waals surface area contributed by atoms with Crippen LogP contribution in [0.4, 0.5) is 0 Å². The van der Waals surface area contributed by atoms with E-state index >= 15 is 0 Å². The third-order valence-electron chi connectivity index (χ3n) is 2.19. The van der Waals surface area contributed by atoms with Crippen molar-refractivity contribution < 1.29 is 10.0 Å². The van der Waals surface area contributed by atoms with Crippen LogP contribution < -0.4 is 0 Å². The molecule has 0 radical (unpaired) electrons. The summed E-state index contributed by atoms with van der Waals surface area (Å²) in [6.45, 7) is 1.69. The number of benzene rings is 1. The Hall–Kier alpha value is -1.42. The molecule has 0 aliphatic heterocycles. The number of nitro groups is 1. The van der Waals surface area contributed by atoms with E-state index in [0.29, 0.717) is 12.0 Å². The Morgan fingerprint density at radius 3 is 2.43 bits per heavy atom. The van der Waals surface area contributed by atoms with E-state index in [4.69, 9.17) is 0 Å². The van der Waals surface area contributed by atoms with Gasteiger partial charge in [0.15, 0.2) is 0 Å². The molecule has 4 heteroatoms. The summed E-state index contributed by atoms with van der Waals surface area (Å²) in [6.07, 6.45) is -0.695. The predicted molar refractivity (Wildman–Crippen MR) is 52.5 cm³/mol. The molecule has 1 aromatic carbocycles. The fraction of sp³-hybridized carbons (Fsp3) is 0.400. The highest BCUT2D eigenvalue weighted by Gasteiger charge is 2.28. The van der Waals surface area contributed by atoms with Crippen molar-refractivity contribution in [3.05, 3.63) is 46.0 Å². The molecular weight excluding hydrogens is 182 g/mol. The maximum atomic E-state index is 10.6. The van der Waals surface area contributed by atoms with Gasteiger partial charge in [0.05, 0.1) is 0 Å². The summed E-state index contributed by atoms with van der Waals surface area (Å²) in [7, 11) is 0. The van der Waals surface area contributed by atoms with Crippen molar-refractivity contribution in [3.8, 4) is 0 Å². The quantitative estimate of drug-likeness (QED) is 0.588. The van der Waals surface area contributed by atoms with E-state index in [9.17, 15) is 15.2 Å². The van der Waals surface area contributed by atoms with Gasteiger partial charge in [0.2, 0.25) is 6.04 Å². The Balaban J connectivity index is 2.83. The number of aliphatic hydroxyl groups excluding tert-OH is 1. The lowest BCUT2D eigenvalue weighted by molar-refractivity contribution is -0.536. The Morgan fingerprint density at radius 1 is 1.43 bits per heavy atom. The molecule has 1 aromatic rings. The molecule has 0 saturated heterocycles. The van der Waals surface area contributed by atoms with E-state index in [1.54, 1.807) is 31.2 Å². The first kappa shape index (κ1) is 10.7. The predicted octanol–water partition coefficient (Wildman–Crippen LogP) is 1.78. The molecule has 4 nitrogen and oxygen atoms in total. The lowest BCUT2D eigenvalue weighted by atomic mass is 10.0. The number of rotatable bonds is 4. The van der Waals surface area contributed by atoms with Crippen LogP contribution in [0.1, 0.15) is 25.0 Å². The standard InChI is InChI=1S/C10H13NO3/c1-2-9(11(13)14)10(12)8-6-4-3-5-7-8/h3-7,9-10,12H,2H2,1H3/t9-,10+/m0/s1. The van der Waals surface area contributed by atoms with Gasteiger partial charge in [-0.05, 0) is 5.56 Å². The van der Waals surface area contributed by atoms with Gasteiger partial charge < -0.3 is 5.11 Å². The monoisotopic (exact) mass is 195 g/mol. The van der Waals surface area contributed by atoms with Crippen LogP contribution in [0.25, 0.3) is 0 Å². The van der Waals surface area contributed by atoms with Gasteiger partial charge in [-0.25, -0.2) is 0 Å². The number of aliphatic hydroxyl groups is 1. The summed E-state index contributed by atoms with van der Waals surface area (Å²) in [6, 6.07) is 7.78. The number of nitrogens with zero attached hydrogens (tertiary/aromatic N) is 1. The van der Waals surface area contributed by atoms with Crippen molar-refractivity contribution >= 4 is 0 Å². The fourth-order valence-electron chi connectivity index (χ4n) is 1.36. The first-order chi connectivity index (χ1) is 6.66. The van der Waals surface area contributed by atoms with E-state index in [2.05, 4.69) is 0 Å². The summed E-state index contributed by atoms with van der Waals surface area (Å²) in [5.41, 5.74) is 0.594. The molecule has 0 spiro atoms. The Labute approximate surface area is 82.3 Å². The SMILES string of the molecule is CC[C@@H]([C@H](O)c1ccccc1)[N+](=O)[O-]. The van der Waals surface area contributed by atoms with Crippen molar-refractivity contribution in [1.82, 2.24) is 0 Å². The molecule has 0 unspecified atom stereocenters. The van der Waals surface area contributed by atoms with Crippen molar-refractivity contribution in [2.75, 3.05) is 0 Å². The third kappa shape index (κ3) is 2.29. The first-order valence-electron chi connectivity index (χ1n) is 4.53. The zero-order chi connectivity index (χ0) is 10.6. The smallest absolute Gasteiger partial charge is 0.242 e. The van der Waals surface area contributed by atoms with Gasteiger partial charge in [-0.2, -0.15) is 0 Å². The topological polar surface area (TPSA) is 63.4 Å². The lowest BCUT2D eigenvalue weighted by Gasteiger charge is -2.14. The van der Waals surface area contributed by atoms with Crippen LogP contribution in [0.2, 0.25) is 0 Å². The van der Waals surface area contributed by atoms with Crippen LogP contribution in [-0.4, -0.2) is 16.1 Å². The van der Waals surface area contributed by atoms with Gasteiger partial charge in [0, 0.05) is 11.3 Å². The highest BCUT2D eigenvalue weighted by atomic mass is 16.6. The van der Waals surface area contributed by atoms with Gasteiger partial charge >= 0.3 is 0 Å². The minimum Gasteiger partial charge on any atom is -0.381 e. The van der Waals surface area contributed by atoms with Gasteiger partial charge in [0.25, 0.3) is 0 Å². The van der Waals surface area contributed by atoms with Crippen molar-refractivity contribution in [2.24, 2.45) is 0 Å². The second-order valence-corrected chi connectivity index (χ2v) is 3.12. The van der Waals surface area contributed by atoms with E-state index in [1.807, 2.05) is 6.07 Å². The van der Waals surface area contributed by atoms with E-state index in [1.165, 1.54) is 0 Å². The van der Waals surface area contributed by atoms with Gasteiger partial charge in [0.1, 0.15) is 6.10 Å². The largest absolute Gasteiger partial charge is 0.381 e. The molecular formula is C10H13NO3. The molecule has 0 aliphatic rings. The fourth-order valence-corrected chi connectivity index (χ4v) is 1.36. The molecule has 0 amide bonds. The molecule has 0 aliphatic carbocycles. The third-order valence-corrected chi connectivity index (χ3v) is 2.19. The van der Waals surface area contributed by atoms with Gasteiger partial charge in [-0.1, -0.05) is 37.3 Å².